The molecule has 2 N–H and O–H groups in total. The van der Waals surface area contributed by atoms with Gasteiger partial charge < -0.3 is 15.3 Å². The van der Waals surface area contributed by atoms with Gasteiger partial charge in [-0.05, 0) is 62.3 Å². The molecule has 0 bridgehead atoms. The molecule has 0 radical (unpaired) electrons. The number of aliphatic hydroxyl groups is 1. The third-order valence-electron chi connectivity index (χ3n) is 4.35. The third kappa shape index (κ3) is 3.94. The molecular weight excluding hydrogens is 271 g/mol. The molecule has 116 valence electrons. The van der Waals surface area contributed by atoms with E-state index in [0.717, 1.165) is 25.7 Å². The van der Waals surface area contributed by atoms with Gasteiger partial charge in [0.15, 0.2) is 0 Å². The Hall–Kier alpha value is -1.62. The summed E-state index contributed by atoms with van der Waals surface area (Å²) in [5, 5.41) is 11.9. The third-order valence-corrected chi connectivity index (χ3v) is 4.35. The van der Waals surface area contributed by atoms with Crippen LogP contribution < -0.4 is 5.32 Å². The van der Waals surface area contributed by atoms with Crippen LogP contribution in [0.25, 0.3) is 0 Å². The van der Waals surface area contributed by atoms with Gasteiger partial charge in [-0.15, -0.1) is 0 Å². The molecule has 0 atom stereocenters. The number of anilines is 1. The molecule has 1 aliphatic carbocycles. The topological polar surface area (TPSA) is 52.6 Å². The molecule has 1 aromatic carbocycles. The van der Waals surface area contributed by atoms with Crippen LogP contribution in [0.5, 0.6) is 0 Å². The molecule has 0 spiro atoms. The normalized spacial score (nSPS) is 21.9. The van der Waals surface area contributed by atoms with Crippen molar-refractivity contribution in [1.82, 2.24) is 4.90 Å². The molecule has 1 fully saturated rings. The first-order valence-electron chi connectivity index (χ1n) is 7.42. The van der Waals surface area contributed by atoms with Crippen LogP contribution in [0.15, 0.2) is 18.2 Å². The highest BCUT2D eigenvalue weighted by atomic mass is 19.1. The molecule has 2 rings (SSSR count). The number of carbonyl (C=O) groups excluding carboxylic acids is 1. The summed E-state index contributed by atoms with van der Waals surface area (Å²) < 4.78 is 13.2. The van der Waals surface area contributed by atoms with Crippen molar-refractivity contribution < 1.29 is 14.3 Å². The van der Waals surface area contributed by atoms with E-state index in [9.17, 15) is 9.18 Å². The number of hydrogen-bond acceptors (Lipinski definition) is 2. The highest BCUT2D eigenvalue weighted by Gasteiger charge is 2.26. The quantitative estimate of drug-likeness (QED) is 0.899. The Balaban J connectivity index is 1.92. The second-order valence-corrected chi connectivity index (χ2v) is 5.86. The van der Waals surface area contributed by atoms with Gasteiger partial charge in [0.05, 0.1) is 0 Å². The minimum Gasteiger partial charge on any atom is -0.396 e. The maximum absolute atomic E-state index is 13.2. The molecule has 0 unspecified atom stereocenters. The zero-order chi connectivity index (χ0) is 15.4. The smallest absolute Gasteiger partial charge is 0.321 e. The van der Waals surface area contributed by atoms with Crippen molar-refractivity contribution in [3.63, 3.8) is 0 Å². The van der Waals surface area contributed by atoms with Crippen molar-refractivity contribution in [3.8, 4) is 0 Å². The van der Waals surface area contributed by atoms with Crippen LogP contribution in [-0.2, 0) is 0 Å². The number of aryl methyl sites for hydroxylation is 1. The Kier molecular flexibility index (Phi) is 5.17. The number of carbonyl (C=O) groups is 1. The van der Waals surface area contributed by atoms with Crippen LogP contribution in [0, 0.1) is 18.7 Å². The summed E-state index contributed by atoms with van der Waals surface area (Å²) >= 11 is 0. The highest BCUT2D eigenvalue weighted by molar-refractivity contribution is 5.89. The Morgan fingerprint density at radius 1 is 1.38 bits per heavy atom. The van der Waals surface area contributed by atoms with E-state index in [1.807, 2.05) is 0 Å². The van der Waals surface area contributed by atoms with E-state index in [4.69, 9.17) is 5.11 Å². The van der Waals surface area contributed by atoms with Gasteiger partial charge in [0.25, 0.3) is 0 Å². The molecule has 2 amide bonds. The molecule has 0 aliphatic heterocycles. The summed E-state index contributed by atoms with van der Waals surface area (Å²) in [7, 11) is 1.79. The molecule has 1 aliphatic rings. The fourth-order valence-corrected chi connectivity index (χ4v) is 2.81. The van der Waals surface area contributed by atoms with E-state index < -0.39 is 0 Å². The Morgan fingerprint density at radius 3 is 2.62 bits per heavy atom. The molecular formula is C16H23FN2O2. The lowest BCUT2D eigenvalue weighted by molar-refractivity contribution is 0.139. The van der Waals surface area contributed by atoms with E-state index in [1.54, 1.807) is 31.0 Å². The van der Waals surface area contributed by atoms with E-state index in [1.165, 1.54) is 6.07 Å². The van der Waals surface area contributed by atoms with Gasteiger partial charge in [0, 0.05) is 25.4 Å². The van der Waals surface area contributed by atoms with Crippen LogP contribution >= 0.6 is 0 Å². The molecule has 1 aromatic rings. The summed E-state index contributed by atoms with van der Waals surface area (Å²) in [5.41, 5.74) is 1.12. The first kappa shape index (κ1) is 15.8. The van der Waals surface area contributed by atoms with E-state index in [0.29, 0.717) is 17.2 Å². The standard InChI is InChI=1S/C16H23FN2O2/c1-11-9-13(5-8-15(11)17)18-16(21)19(2)14-6-3-12(10-20)4-7-14/h5,8-9,12,14,20H,3-4,6-7,10H2,1-2H3,(H,18,21). The minimum atomic E-state index is -0.274. The minimum absolute atomic E-state index is 0.173. The van der Waals surface area contributed by atoms with Gasteiger partial charge in [-0.1, -0.05) is 0 Å². The predicted octanol–water partition coefficient (Wildman–Crippen LogP) is 3.15. The number of amides is 2. The van der Waals surface area contributed by atoms with E-state index in [-0.39, 0.29) is 24.5 Å². The van der Waals surface area contributed by atoms with Gasteiger partial charge in [0.2, 0.25) is 0 Å². The summed E-state index contributed by atoms with van der Waals surface area (Å²) in [6, 6.07) is 4.58. The van der Waals surface area contributed by atoms with Gasteiger partial charge >= 0.3 is 6.03 Å². The highest BCUT2D eigenvalue weighted by Crippen LogP contribution is 2.27. The van der Waals surface area contributed by atoms with Gasteiger partial charge in [-0.25, -0.2) is 9.18 Å². The summed E-state index contributed by atoms with van der Waals surface area (Å²) in [4.78, 5) is 13.9. The molecule has 4 nitrogen and oxygen atoms in total. The maximum Gasteiger partial charge on any atom is 0.321 e. The second-order valence-electron chi connectivity index (χ2n) is 5.86. The van der Waals surface area contributed by atoms with E-state index >= 15 is 0 Å². The average Bonchev–Trinajstić information content (AvgIpc) is 2.50. The van der Waals surface area contributed by atoms with Crippen molar-refractivity contribution in [1.29, 1.82) is 0 Å². The lowest BCUT2D eigenvalue weighted by Crippen LogP contribution is -2.42. The first-order chi connectivity index (χ1) is 10.0. The number of nitrogens with zero attached hydrogens (tertiary/aromatic N) is 1. The number of hydrogen-bond donors (Lipinski definition) is 2. The van der Waals surface area contributed by atoms with Crippen LogP contribution in [-0.4, -0.2) is 35.7 Å². The fourth-order valence-electron chi connectivity index (χ4n) is 2.81. The number of urea groups is 1. The molecule has 0 saturated heterocycles. The summed E-state index contributed by atoms with van der Waals surface area (Å²) in [6.45, 7) is 1.91. The molecule has 21 heavy (non-hydrogen) atoms. The van der Waals surface area contributed by atoms with Gasteiger partial charge in [-0.3, -0.25) is 0 Å². The van der Waals surface area contributed by atoms with Crippen LogP contribution in [0.4, 0.5) is 14.9 Å². The Morgan fingerprint density at radius 2 is 2.05 bits per heavy atom. The van der Waals surface area contributed by atoms with Crippen molar-refractivity contribution in [3.05, 3.63) is 29.6 Å². The van der Waals surface area contributed by atoms with Crippen molar-refractivity contribution in [2.24, 2.45) is 5.92 Å². The van der Waals surface area contributed by atoms with Crippen LogP contribution in [0.1, 0.15) is 31.2 Å². The van der Waals surface area contributed by atoms with E-state index in [2.05, 4.69) is 5.32 Å². The fraction of sp³-hybridized carbons (Fsp3) is 0.562. The predicted molar refractivity (Wildman–Crippen MR) is 80.8 cm³/mol. The lowest BCUT2D eigenvalue weighted by atomic mass is 9.86. The maximum atomic E-state index is 13.2. The molecule has 1 saturated carbocycles. The van der Waals surface area contributed by atoms with Crippen LogP contribution in [0.2, 0.25) is 0 Å². The van der Waals surface area contributed by atoms with Crippen molar-refractivity contribution in [2.45, 2.75) is 38.6 Å². The van der Waals surface area contributed by atoms with Gasteiger partial charge in [0.1, 0.15) is 5.82 Å². The first-order valence-corrected chi connectivity index (χ1v) is 7.42. The second kappa shape index (κ2) is 6.89. The zero-order valence-corrected chi connectivity index (χ0v) is 12.6. The monoisotopic (exact) mass is 294 g/mol. The average molecular weight is 294 g/mol. The zero-order valence-electron chi connectivity index (χ0n) is 12.6. The van der Waals surface area contributed by atoms with Gasteiger partial charge in [-0.2, -0.15) is 0 Å². The van der Waals surface area contributed by atoms with Crippen LogP contribution in [0.3, 0.4) is 0 Å². The Bertz CT molecular complexity index is 499. The van der Waals surface area contributed by atoms with Crippen molar-refractivity contribution in [2.75, 3.05) is 19.0 Å². The number of rotatable bonds is 3. The number of nitrogens with one attached hydrogen (secondary N) is 1. The molecule has 5 heteroatoms. The van der Waals surface area contributed by atoms with Crippen molar-refractivity contribution >= 4 is 11.7 Å². The number of halogens is 1. The number of aliphatic hydroxyl groups excluding tert-OH is 1. The summed E-state index contributed by atoms with van der Waals surface area (Å²) in [6.07, 6.45) is 3.73. The Labute approximate surface area is 125 Å². The summed E-state index contributed by atoms with van der Waals surface area (Å²) in [5.74, 6) is 0.0983. The number of benzene rings is 1. The largest absolute Gasteiger partial charge is 0.396 e. The molecule has 0 heterocycles. The SMILES string of the molecule is Cc1cc(NC(=O)N(C)C2CCC(CO)CC2)ccc1F. The lowest BCUT2D eigenvalue weighted by Gasteiger charge is -2.34. The molecule has 0 aromatic heterocycles.